The number of nitrogens with zero attached hydrogens (tertiary/aromatic N) is 2. The highest BCUT2D eigenvalue weighted by Crippen LogP contribution is 2.33. The Kier molecular flexibility index (Phi) is 4.11. The lowest BCUT2D eigenvalue weighted by Gasteiger charge is -2.26. The summed E-state index contributed by atoms with van der Waals surface area (Å²) in [5.74, 6) is 0.691. The van der Waals surface area contributed by atoms with Gasteiger partial charge in [0.15, 0.2) is 0 Å². The SMILES string of the molecule is O=c1c2ccccc2nc(-c2ccccc2Cl)n1C1CCCCC1. The van der Waals surface area contributed by atoms with Gasteiger partial charge in [0, 0.05) is 11.6 Å². The van der Waals surface area contributed by atoms with Gasteiger partial charge >= 0.3 is 0 Å². The van der Waals surface area contributed by atoms with Crippen molar-refractivity contribution in [2.45, 2.75) is 38.1 Å². The lowest BCUT2D eigenvalue weighted by atomic mass is 9.94. The molecule has 0 saturated heterocycles. The zero-order chi connectivity index (χ0) is 16.5. The summed E-state index contributed by atoms with van der Waals surface area (Å²) in [4.78, 5) is 18.0. The molecule has 0 spiro atoms. The van der Waals surface area contributed by atoms with E-state index < -0.39 is 0 Å². The lowest BCUT2D eigenvalue weighted by Crippen LogP contribution is -2.29. The highest BCUT2D eigenvalue weighted by Gasteiger charge is 2.23. The number of hydrogen-bond acceptors (Lipinski definition) is 2. The predicted octanol–water partition coefficient (Wildman–Crippen LogP) is 5.22. The summed E-state index contributed by atoms with van der Waals surface area (Å²) in [5.41, 5.74) is 1.60. The smallest absolute Gasteiger partial charge is 0.261 e. The number of benzene rings is 2. The van der Waals surface area contributed by atoms with Crippen molar-refractivity contribution in [2.75, 3.05) is 0 Å². The third-order valence-corrected chi connectivity index (χ3v) is 5.19. The van der Waals surface area contributed by atoms with Crippen LogP contribution in [0.5, 0.6) is 0 Å². The van der Waals surface area contributed by atoms with E-state index in [1.165, 1.54) is 6.42 Å². The first-order chi connectivity index (χ1) is 11.8. The molecule has 3 nitrogen and oxygen atoms in total. The number of para-hydroxylation sites is 1. The van der Waals surface area contributed by atoms with Gasteiger partial charge in [-0.3, -0.25) is 9.36 Å². The van der Waals surface area contributed by atoms with Crippen LogP contribution in [0.1, 0.15) is 38.1 Å². The number of fused-ring (bicyclic) bond motifs is 1. The van der Waals surface area contributed by atoms with Crippen molar-refractivity contribution in [3.05, 3.63) is 63.9 Å². The molecule has 1 aliphatic carbocycles. The van der Waals surface area contributed by atoms with Crippen molar-refractivity contribution in [3.8, 4) is 11.4 Å². The second-order valence-electron chi connectivity index (χ2n) is 6.40. The summed E-state index contributed by atoms with van der Waals surface area (Å²) in [6, 6.07) is 15.4. The fourth-order valence-corrected chi connectivity index (χ4v) is 3.88. The van der Waals surface area contributed by atoms with Crippen LogP contribution in [-0.2, 0) is 0 Å². The standard InChI is InChI=1S/C20H19ClN2O/c21-17-12-6-4-10-15(17)19-22-18-13-7-5-11-16(18)20(24)23(19)14-8-2-1-3-9-14/h4-7,10-14H,1-3,8-9H2. The van der Waals surface area contributed by atoms with E-state index in [1.807, 2.05) is 53.1 Å². The van der Waals surface area contributed by atoms with E-state index in [9.17, 15) is 4.79 Å². The van der Waals surface area contributed by atoms with Gasteiger partial charge in [0.05, 0.1) is 15.9 Å². The molecule has 1 aliphatic rings. The molecule has 0 atom stereocenters. The van der Waals surface area contributed by atoms with Crippen molar-refractivity contribution >= 4 is 22.5 Å². The fourth-order valence-electron chi connectivity index (χ4n) is 3.66. The molecular formula is C20H19ClN2O. The largest absolute Gasteiger partial charge is 0.289 e. The van der Waals surface area contributed by atoms with Crippen molar-refractivity contribution in [2.24, 2.45) is 0 Å². The van der Waals surface area contributed by atoms with Crippen LogP contribution in [0, 0.1) is 0 Å². The molecule has 1 saturated carbocycles. The first-order valence-electron chi connectivity index (χ1n) is 8.52. The molecule has 4 heteroatoms. The highest BCUT2D eigenvalue weighted by molar-refractivity contribution is 6.33. The molecule has 0 bridgehead atoms. The van der Waals surface area contributed by atoms with Gasteiger partial charge in [-0.15, -0.1) is 0 Å². The van der Waals surface area contributed by atoms with E-state index >= 15 is 0 Å². The first kappa shape index (κ1) is 15.4. The van der Waals surface area contributed by atoms with Crippen LogP contribution in [0.15, 0.2) is 53.3 Å². The van der Waals surface area contributed by atoms with Gasteiger partial charge < -0.3 is 0 Å². The number of rotatable bonds is 2. The Morgan fingerprint density at radius 2 is 1.67 bits per heavy atom. The van der Waals surface area contributed by atoms with Gasteiger partial charge in [0.1, 0.15) is 5.82 Å². The molecule has 1 heterocycles. The van der Waals surface area contributed by atoms with Crippen molar-refractivity contribution in [1.82, 2.24) is 9.55 Å². The maximum Gasteiger partial charge on any atom is 0.261 e. The summed E-state index contributed by atoms with van der Waals surface area (Å²) >= 11 is 6.42. The van der Waals surface area contributed by atoms with Crippen molar-refractivity contribution < 1.29 is 0 Å². The molecule has 0 N–H and O–H groups in total. The Bertz CT molecular complexity index is 942. The first-order valence-corrected chi connectivity index (χ1v) is 8.89. The maximum absolute atomic E-state index is 13.2. The summed E-state index contributed by atoms with van der Waals surface area (Å²) < 4.78 is 1.89. The Hall–Kier alpha value is -2.13. The Morgan fingerprint density at radius 3 is 2.46 bits per heavy atom. The maximum atomic E-state index is 13.2. The van der Waals surface area contributed by atoms with Crippen molar-refractivity contribution in [1.29, 1.82) is 0 Å². The van der Waals surface area contributed by atoms with Crippen LogP contribution >= 0.6 is 11.6 Å². The second-order valence-corrected chi connectivity index (χ2v) is 6.81. The zero-order valence-electron chi connectivity index (χ0n) is 13.4. The molecule has 122 valence electrons. The van der Waals surface area contributed by atoms with Crippen LogP contribution in [0.25, 0.3) is 22.3 Å². The minimum Gasteiger partial charge on any atom is -0.289 e. The second kappa shape index (κ2) is 6.40. The fraction of sp³-hybridized carbons (Fsp3) is 0.300. The van der Waals surface area contributed by atoms with Crippen LogP contribution in [0.4, 0.5) is 0 Å². The molecule has 4 rings (SSSR count). The van der Waals surface area contributed by atoms with Gasteiger partial charge in [-0.25, -0.2) is 4.98 Å². The summed E-state index contributed by atoms with van der Waals surface area (Å²) in [7, 11) is 0. The Labute approximate surface area is 145 Å². The molecule has 0 aliphatic heterocycles. The van der Waals surface area contributed by atoms with E-state index in [0.29, 0.717) is 16.2 Å². The van der Waals surface area contributed by atoms with Crippen LogP contribution < -0.4 is 5.56 Å². The van der Waals surface area contributed by atoms with E-state index in [0.717, 1.165) is 36.8 Å². The minimum atomic E-state index is 0.0439. The number of halogens is 1. The molecule has 0 amide bonds. The molecule has 24 heavy (non-hydrogen) atoms. The van der Waals surface area contributed by atoms with Crippen LogP contribution in [0.2, 0.25) is 5.02 Å². The Morgan fingerprint density at radius 1 is 0.958 bits per heavy atom. The van der Waals surface area contributed by atoms with Crippen molar-refractivity contribution in [3.63, 3.8) is 0 Å². The summed E-state index contributed by atoms with van der Waals surface area (Å²) in [5, 5.41) is 1.31. The predicted molar refractivity (Wildman–Crippen MR) is 98.6 cm³/mol. The molecule has 1 aromatic heterocycles. The van der Waals surface area contributed by atoms with Gasteiger partial charge in [0.2, 0.25) is 0 Å². The highest BCUT2D eigenvalue weighted by atomic mass is 35.5. The van der Waals surface area contributed by atoms with E-state index in [-0.39, 0.29) is 11.6 Å². The normalized spacial score (nSPS) is 15.7. The average molecular weight is 339 g/mol. The van der Waals surface area contributed by atoms with Gasteiger partial charge in [-0.1, -0.05) is 55.1 Å². The topological polar surface area (TPSA) is 34.9 Å². The van der Waals surface area contributed by atoms with Gasteiger partial charge in [-0.05, 0) is 37.1 Å². The van der Waals surface area contributed by atoms with Crippen LogP contribution in [0.3, 0.4) is 0 Å². The quantitative estimate of drug-likeness (QED) is 0.642. The number of hydrogen-bond donors (Lipinski definition) is 0. The van der Waals surface area contributed by atoms with Gasteiger partial charge in [-0.2, -0.15) is 0 Å². The van der Waals surface area contributed by atoms with E-state index in [1.54, 1.807) is 0 Å². The zero-order valence-corrected chi connectivity index (χ0v) is 14.2. The van der Waals surface area contributed by atoms with Crippen LogP contribution in [-0.4, -0.2) is 9.55 Å². The minimum absolute atomic E-state index is 0.0439. The van der Waals surface area contributed by atoms with E-state index in [2.05, 4.69) is 0 Å². The number of aromatic nitrogens is 2. The third-order valence-electron chi connectivity index (χ3n) is 4.86. The average Bonchev–Trinajstić information content (AvgIpc) is 2.63. The lowest BCUT2D eigenvalue weighted by molar-refractivity contribution is 0.348. The van der Waals surface area contributed by atoms with E-state index in [4.69, 9.17) is 16.6 Å². The summed E-state index contributed by atoms with van der Waals surface area (Å²) in [6.07, 6.45) is 5.61. The monoisotopic (exact) mass is 338 g/mol. The third kappa shape index (κ3) is 2.63. The molecule has 2 aromatic carbocycles. The molecule has 0 radical (unpaired) electrons. The van der Waals surface area contributed by atoms with Gasteiger partial charge in [0.25, 0.3) is 5.56 Å². The summed E-state index contributed by atoms with van der Waals surface area (Å²) in [6.45, 7) is 0. The molecule has 0 unspecified atom stereocenters. The molecule has 3 aromatic rings. The molecular weight excluding hydrogens is 320 g/mol. The Balaban J connectivity index is 2.03. The molecule has 1 fully saturated rings.